The molecule has 0 aliphatic carbocycles. The van der Waals surface area contributed by atoms with Crippen molar-refractivity contribution < 1.29 is 4.74 Å². The Morgan fingerprint density at radius 2 is 2.40 bits per heavy atom. The van der Waals surface area contributed by atoms with Crippen molar-refractivity contribution in [3.8, 4) is 0 Å². The summed E-state index contributed by atoms with van der Waals surface area (Å²) in [5.41, 5.74) is 1.89. The first-order valence-electron chi connectivity index (χ1n) is 5.55. The van der Waals surface area contributed by atoms with Crippen LogP contribution in [0.3, 0.4) is 0 Å². The molecule has 1 rings (SSSR count). The van der Waals surface area contributed by atoms with Gasteiger partial charge in [0.05, 0.1) is 5.51 Å². The Kier molecular flexibility index (Phi) is 6.55. The van der Waals surface area contributed by atoms with Crippen molar-refractivity contribution in [3.05, 3.63) is 16.6 Å². The number of aromatic nitrogens is 1. The van der Waals surface area contributed by atoms with Gasteiger partial charge < -0.3 is 10.1 Å². The molecule has 1 unspecified atom stereocenters. The van der Waals surface area contributed by atoms with E-state index in [1.165, 1.54) is 4.88 Å². The Morgan fingerprint density at radius 3 is 3.00 bits per heavy atom. The molecular formula is C11H20N2OS. The molecule has 15 heavy (non-hydrogen) atoms. The average Bonchev–Trinajstić information content (AvgIpc) is 2.71. The molecule has 1 N–H and O–H groups in total. The van der Waals surface area contributed by atoms with E-state index in [0.717, 1.165) is 32.6 Å². The minimum Gasteiger partial charge on any atom is -0.382 e. The molecule has 0 bridgehead atoms. The van der Waals surface area contributed by atoms with E-state index in [-0.39, 0.29) is 0 Å². The number of rotatable bonds is 8. The Morgan fingerprint density at radius 1 is 1.53 bits per heavy atom. The molecule has 0 radical (unpaired) electrons. The molecule has 0 spiro atoms. The number of likely N-dealkylation sites (N-methyl/N-ethyl adjacent to an activating group) is 1. The van der Waals surface area contributed by atoms with E-state index in [0.29, 0.717) is 6.04 Å². The molecule has 3 nitrogen and oxygen atoms in total. The van der Waals surface area contributed by atoms with Crippen LogP contribution in [0.1, 0.15) is 25.1 Å². The van der Waals surface area contributed by atoms with Crippen LogP contribution in [0.25, 0.3) is 0 Å². The topological polar surface area (TPSA) is 34.1 Å². The van der Waals surface area contributed by atoms with Crippen LogP contribution >= 0.6 is 11.3 Å². The van der Waals surface area contributed by atoms with Gasteiger partial charge in [-0.05, 0) is 26.3 Å². The van der Waals surface area contributed by atoms with Crippen LogP contribution in [0.2, 0.25) is 0 Å². The molecule has 4 heteroatoms. The van der Waals surface area contributed by atoms with Gasteiger partial charge in [-0.15, -0.1) is 11.3 Å². The predicted molar refractivity (Wildman–Crippen MR) is 64.4 cm³/mol. The monoisotopic (exact) mass is 228 g/mol. The van der Waals surface area contributed by atoms with Crippen LogP contribution in [-0.4, -0.2) is 30.8 Å². The second kappa shape index (κ2) is 7.79. The number of nitrogens with zero attached hydrogens (tertiary/aromatic N) is 1. The zero-order chi connectivity index (χ0) is 10.9. The summed E-state index contributed by atoms with van der Waals surface area (Å²) in [5, 5.41) is 3.48. The van der Waals surface area contributed by atoms with E-state index >= 15 is 0 Å². The summed E-state index contributed by atoms with van der Waals surface area (Å²) < 4.78 is 5.38. The minimum atomic E-state index is 0.516. The summed E-state index contributed by atoms with van der Waals surface area (Å²) in [5.74, 6) is 0. The molecule has 0 saturated heterocycles. The molecule has 1 aromatic rings. The third kappa shape index (κ3) is 5.25. The third-order valence-electron chi connectivity index (χ3n) is 2.24. The summed E-state index contributed by atoms with van der Waals surface area (Å²) in [6, 6.07) is 0.516. The van der Waals surface area contributed by atoms with Gasteiger partial charge in [-0.1, -0.05) is 6.92 Å². The number of ether oxygens (including phenoxy) is 1. The number of hydrogen-bond acceptors (Lipinski definition) is 4. The highest BCUT2D eigenvalue weighted by Gasteiger charge is 2.08. The largest absolute Gasteiger partial charge is 0.382 e. The van der Waals surface area contributed by atoms with Crippen molar-refractivity contribution in [3.63, 3.8) is 0 Å². The molecule has 1 atom stereocenters. The highest BCUT2D eigenvalue weighted by atomic mass is 32.1. The van der Waals surface area contributed by atoms with E-state index < -0.39 is 0 Å². The summed E-state index contributed by atoms with van der Waals surface area (Å²) in [7, 11) is 0. The molecule has 0 aliphatic heterocycles. The maximum atomic E-state index is 5.38. The van der Waals surface area contributed by atoms with E-state index in [4.69, 9.17) is 4.74 Å². The van der Waals surface area contributed by atoms with Crippen LogP contribution < -0.4 is 5.32 Å². The number of thiazole rings is 1. The van der Waals surface area contributed by atoms with Crippen LogP contribution in [-0.2, 0) is 11.2 Å². The van der Waals surface area contributed by atoms with Gasteiger partial charge in [0.15, 0.2) is 0 Å². The Labute approximate surface area is 95.9 Å². The molecule has 86 valence electrons. The quantitative estimate of drug-likeness (QED) is 0.692. The van der Waals surface area contributed by atoms with Crippen LogP contribution in [0.15, 0.2) is 11.7 Å². The maximum Gasteiger partial charge on any atom is 0.0794 e. The number of hydrogen-bond donors (Lipinski definition) is 1. The molecule has 0 saturated carbocycles. The summed E-state index contributed by atoms with van der Waals surface area (Å²) in [6.45, 7) is 6.83. The van der Waals surface area contributed by atoms with Gasteiger partial charge in [-0.25, -0.2) is 0 Å². The maximum absolute atomic E-state index is 5.38. The first-order valence-corrected chi connectivity index (χ1v) is 6.43. The van der Waals surface area contributed by atoms with E-state index in [1.54, 1.807) is 11.3 Å². The van der Waals surface area contributed by atoms with Crippen molar-refractivity contribution in [2.45, 2.75) is 32.7 Å². The molecular weight excluding hydrogens is 208 g/mol. The zero-order valence-electron chi connectivity index (χ0n) is 9.53. The highest BCUT2D eigenvalue weighted by molar-refractivity contribution is 7.09. The van der Waals surface area contributed by atoms with Crippen molar-refractivity contribution in [2.75, 3.05) is 19.8 Å². The van der Waals surface area contributed by atoms with Crippen molar-refractivity contribution >= 4 is 11.3 Å². The van der Waals surface area contributed by atoms with Crippen molar-refractivity contribution in [1.82, 2.24) is 10.3 Å². The first kappa shape index (κ1) is 12.6. The average molecular weight is 228 g/mol. The Bertz CT molecular complexity index is 239. The first-order chi connectivity index (χ1) is 7.36. The fraction of sp³-hybridized carbons (Fsp3) is 0.727. The van der Waals surface area contributed by atoms with Crippen LogP contribution in [0, 0.1) is 0 Å². The fourth-order valence-electron chi connectivity index (χ4n) is 1.52. The van der Waals surface area contributed by atoms with Gasteiger partial charge >= 0.3 is 0 Å². The van der Waals surface area contributed by atoms with Gasteiger partial charge in [-0.2, -0.15) is 0 Å². The lowest BCUT2D eigenvalue weighted by atomic mass is 10.1. The normalized spacial score (nSPS) is 12.9. The molecule has 0 fully saturated rings. The van der Waals surface area contributed by atoms with E-state index in [2.05, 4.69) is 17.2 Å². The summed E-state index contributed by atoms with van der Waals surface area (Å²) >= 11 is 1.72. The molecule has 0 aliphatic rings. The second-order valence-corrected chi connectivity index (χ2v) is 4.38. The van der Waals surface area contributed by atoms with Gasteiger partial charge in [0.1, 0.15) is 0 Å². The SMILES string of the molecule is CCNC(CCOCC)Cc1cncs1. The van der Waals surface area contributed by atoms with Crippen molar-refractivity contribution in [1.29, 1.82) is 0 Å². The standard InChI is InChI=1S/C11H20N2OS/c1-3-13-10(5-6-14-4-2)7-11-8-12-9-15-11/h8-10,13H,3-7H2,1-2H3. The van der Waals surface area contributed by atoms with E-state index in [9.17, 15) is 0 Å². The van der Waals surface area contributed by atoms with Crippen molar-refractivity contribution in [2.24, 2.45) is 0 Å². The number of nitrogens with one attached hydrogen (secondary N) is 1. The van der Waals surface area contributed by atoms with E-state index in [1.807, 2.05) is 18.6 Å². The lowest BCUT2D eigenvalue weighted by molar-refractivity contribution is 0.136. The van der Waals surface area contributed by atoms with Crippen LogP contribution in [0.4, 0.5) is 0 Å². The summed E-state index contributed by atoms with van der Waals surface area (Å²) in [6.07, 6.45) is 4.08. The lowest BCUT2D eigenvalue weighted by Gasteiger charge is -2.16. The van der Waals surface area contributed by atoms with Crippen LogP contribution in [0.5, 0.6) is 0 Å². The Balaban J connectivity index is 2.29. The third-order valence-corrected chi connectivity index (χ3v) is 3.04. The molecule has 0 aromatic carbocycles. The molecule has 0 amide bonds. The summed E-state index contributed by atoms with van der Waals surface area (Å²) in [4.78, 5) is 5.44. The molecule has 1 heterocycles. The van der Waals surface area contributed by atoms with Gasteiger partial charge in [0, 0.05) is 30.3 Å². The Hall–Kier alpha value is -0.450. The predicted octanol–water partition coefficient (Wildman–Crippen LogP) is 2.09. The zero-order valence-corrected chi connectivity index (χ0v) is 10.3. The minimum absolute atomic E-state index is 0.516. The van der Waals surface area contributed by atoms with Gasteiger partial charge in [-0.3, -0.25) is 4.98 Å². The lowest BCUT2D eigenvalue weighted by Crippen LogP contribution is -2.31. The second-order valence-electron chi connectivity index (χ2n) is 3.41. The fourth-order valence-corrected chi connectivity index (χ4v) is 2.20. The smallest absolute Gasteiger partial charge is 0.0794 e. The molecule has 1 aromatic heterocycles. The highest BCUT2D eigenvalue weighted by Crippen LogP contribution is 2.10. The van der Waals surface area contributed by atoms with Gasteiger partial charge in [0.25, 0.3) is 0 Å². The van der Waals surface area contributed by atoms with Gasteiger partial charge in [0.2, 0.25) is 0 Å².